The van der Waals surface area contributed by atoms with Crippen LogP contribution in [0.1, 0.15) is 48.7 Å². The van der Waals surface area contributed by atoms with Crippen LogP contribution in [0.3, 0.4) is 0 Å². The van der Waals surface area contributed by atoms with Crippen LogP contribution in [0.4, 0.5) is 5.69 Å². The molecule has 3 aromatic rings. The van der Waals surface area contributed by atoms with Gasteiger partial charge in [-0.2, -0.15) is 0 Å². The third-order valence-electron chi connectivity index (χ3n) is 6.85. The Hall–Kier alpha value is -3.86. The first-order valence-corrected chi connectivity index (χ1v) is 11.9. The second-order valence-corrected chi connectivity index (χ2v) is 10.1. The molecule has 1 aliphatic carbocycles. The molecule has 2 heterocycles. The van der Waals surface area contributed by atoms with Crippen LogP contribution in [0.15, 0.2) is 78.7 Å². The number of allylic oxidation sites excluding steroid dienone is 1. The summed E-state index contributed by atoms with van der Waals surface area (Å²) in [5, 5.41) is 11.2. The fourth-order valence-corrected chi connectivity index (χ4v) is 5.21. The first-order valence-electron chi connectivity index (χ1n) is 11.9. The monoisotopic (exact) mass is 466 g/mol. The summed E-state index contributed by atoms with van der Waals surface area (Å²) in [6, 6.07) is 19.6. The van der Waals surface area contributed by atoms with Crippen molar-refractivity contribution in [3.63, 3.8) is 0 Å². The summed E-state index contributed by atoms with van der Waals surface area (Å²) in [5.74, 6) is 0.193. The number of benzene rings is 2. The normalized spacial score (nSPS) is 21.1. The minimum atomic E-state index is -0.706. The van der Waals surface area contributed by atoms with Crippen molar-refractivity contribution >= 4 is 23.2 Å². The minimum Gasteiger partial charge on any atom is -0.512 e. The van der Waals surface area contributed by atoms with E-state index in [1.807, 2.05) is 56.3 Å². The Morgan fingerprint density at radius 3 is 2.43 bits per heavy atom. The van der Waals surface area contributed by atoms with Crippen LogP contribution in [0.5, 0.6) is 5.75 Å². The van der Waals surface area contributed by atoms with Gasteiger partial charge in [0.2, 0.25) is 0 Å². The number of hydrogen-bond acceptors (Lipinski definition) is 5. The van der Waals surface area contributed by atoms with Gasteiger partial charge in [-0.25, -0.2) is 0 Å². The number of carbonyl (C=O) groups excluding carboxylic acids is 1. The lowest BCUT2D eigenvalue weighted by molar-refractivity contribution is -0.125. The maximum Gasteiger partial charge on any atom is 0.146 e. The predicted molar refractivity (Wildman–Crippen MR) is 139 cm³/mol. The smallest absolute Gasteiger partial charge is 0.146 e. The van der Waals surface area contributed by atoms with Crippen LogP contribution >= 0.6 is 0 Å². The van der Waals surface area contributed by atoms with E-state index in [1.165, 1.54) is 5.56 Å². The summed E-state index contributed by atoms with van der Waals surface area (Å²) in [5.41, 5.74) is 5.35. The molecule has 35 heavy (non-hydrogen) atoms. The Labute approximate surface area is 206 Å². The van der Waals surface area contributed by atoms with E-state index >= 15 is 0 Å². The van der Waals surface area contributed by atoms with E-state index in [9.17, 15) is 9.90 Å². The number of fused-ring (bicyclic) bond motifs is 1. The lowest BCUT2D eigenvalue weighted by Crippen LogP contribution is -2.42. The standard InChI is InChI=1S/C30H30N2O3/c1-19-7-9-20(10-8-19)25-16-24-23(6-5-15-31-24)29(28-26(33)17-30(2,3)18-27(28)34)32(25)21-11-13-22(35-4)14-12-21/h5-17,28-29,33H,18H2,1-4H3. The van der Waals surface area contributed by atoms with E-state index in [0.29, 0.717) is 6.42 Å². The van der Waals surface area contributed by atoms with Gasteiger partial charge in [0.15, 0.2) is 0 Å². The molecule has 0 saturated heterocycles. The van der Waals surface area contributed by atoms with E-state index in [0.717, 1.165) is 34.0 Å². The molecule has 0 fully saturated rings. The average Bonchev–Trinajstić information content (AvgIpc) is 2.83. The molecule has 2 aliphatic rings. The van der Waals surface area contributed by atoms with Gasteiger partial charge < -0.3 is 14.7 Å². The fourth-order valence-electron chi connectivity index (χ4n) is 5.21. The molecule has 5 rings (SSSR count). The molecule has 1 aromatic heterocycles. The zero-order chi connectivity index (χ0) is 24.7. The number of aliphatic hydroxyl groups excluding tert-OH is 1. The molecule has 0 saturated carbocycles. The first kappa shape index (κ1) is 22.9. The maximum absolute atomic E-state index is 13.6. The van der Waals surface area contributed by atoms with Crippen molar-refractivity contribution < 1.29 is 14.6 Å². The molecule has 0 bridgehead atoms. The second-order valence-electron chi connectivity index (χ2n) is 10.1. The van der Waals surface area contributed by atoms with Crippen LogP contribution in [0, 0.1) is 18.3 Å². The summed E-state index contributed by atoms with van der Waals surface area (Å²) in [7, 11) is 1.64. The zero-order valence-corrected chi connectivity index (χ0v) is 20.5. The van der Waals surface area contributed by atoms with Crippen molar-refractivity contribution in [2.24, 2.45) is 11.3 Å². The van der Waals surface area contributed by atoms with Gasteiger partial charge in [-0.05, 0) is 60.4 Å². The van der Waals surface area contributed by atoms with Gasteiger partial charge in [-0.15, -0.1) is 0 Å². The number of rotatable bonds is 4. The Bertz CT molecular complexity index is 1320. The van der Waals surface area contributed by atoms with E-state index in [2.05, 4.69) is 47.1 Å². The third kappa shape index (κ3) is 4.23. The van der Waals surface area contributed by atoms with Crippen molar-refractivity contribution in [2.75, 3.05) is 12.0 Å². The molecule has 1 N–H and O–H groups in total. The molecular weight excluding hydrogens is 436 g/mol. The van der Waals surface area contributed by atoms with Crippen LogP contribution in [0.2, 0.25) is 0 Å². The van der Waals surface area contributed by atoms with Crippen molar-refractivity contribution in [3.8, 4) is 5.75 Å². The molecule has 2 unspecified atom stereocenters. The molecule has 1 aliphatic heterocycles. The van der Waals surface area contributed by atoms with E-state index in [4.69, 9.17) is 4.74 Å². The topological polar surface area (TPSA) is 62.7 Å². The number of Topliss-reactive ketones (excluding diaryl/α,β-unsaturated/α-hetero) is 1. The van der Waals surface area contributed by atoms with Gasteiger partial charge in [0.05, 0.1) is 30.5 Å². The Morgan fingerprint density at radius 1 is 1.06 bits per heavy atom. The number of carbonyl (C=O) groups is 1. The van der Waals surface area contributed by atoms with Crippen molar-refractivity contribution in [1.82, 2.24) is 4.98 Å². The highest BCUT2D eigenvalue weighted by molar-refractivity contribution is 5.96. The van der Waals surface area contributed by atoms with Gasteiger partial charge in [-0.1, -0.05) is 49.7 Å². The van der Waals surface area contributed by atoms with E-state index in [1.54, 1.807) is 13.3 Å². The first-order chi connectivity index (χ1) is 16.8. The number of aryl methyl sites for hydroxylation is 1. The highest BCUT2D eigenvalue weighted by Gasteiger charge is 2.45. The van der Waals surface area contributed by atoms with Crippen LogP contribution in [-0.4, -0.2) is 23.0 Å². The SMILES string of the molecule is COc1ccc(N2C(c3ccc(C)cc3)=Cc3ncccc3C2C2C(=O)CC(C)(C)C=C2O)cc1. The van der Waals surface area contributed by atoms with Gasteiger partial charge >= 0.3 is 0 Å². The summed E-state index contributed by atoms with van der Waals surface area (Å²) < 4.78 is 5.39. The number of pyridine rings is 1. The molecule has 0 amide bonds. The highest BCUT2D eigenvalue weighted by atomic mass is 16.5. The summed E-state index contributed by atoms with van der Waals surface area (Å²) >= 11 is 0. The van der Waals surface area contributed by atoms with Crippen molar-refractivity contribution in [2.45, 2.75) is 33.2 Å². The number of ether oxygens (including phenoxy) is 1. The fraction of sp³-hybridized carbons (Fsp3) is 0.267. The van der Waals surface area contributed by atoms with E-state index in [-0.39, 0.29) is 17.0 Å². The summed E-state index contributed by atoms with van der Waals surface area (Å²) in [6.07, 6.45) is 6.04. The third-order valence-corrected chi connectivity index (χ3v) is 6.85. The molecule has 5 heteroatoms. The van der Waals surface area contributed by atoms with Crippen LogP contribution < -0.4 is 9.64 Å². The Morgan fingerprint density at radius 2 is 1.77 bits per heavy atom. The number of hydrogen-bond donors (Lipinski definition) is 1. The Kier molecular flexibility index (Phi) is 5.72. The molecule has 5 nitrogen and oxygen atoms in total. The van der Waals surface area contributed by atoms with Crippen molar-refractivity contribution in [1.29, 1.82) is 0 Å². The Balaban J connectivity index is 1.76. The van der Waals surface area contributed by atoms with E-state index < -0.39 is 12.0 Å². The molecule has 0 radical (unpaired) electrons. The lowest BCUT2D eigenvalue weighted by atomic mass is 9.72. The largest absolute Gasteiger partial charge is 0.512 e. The van der Waals surface area contributed by atoms with Crippen molar-refractivity contribution in [3.05, 3.63) is 101 Å². The maximum atomic E-state index is 13.6. The lowest BCUT2D eigenvalue weighted by Gasteiger charge is -2.44. The zero-order valence-electron chi connectivity index (χ0n) is 20.5. The number of ketones is 1. The molecule has 2 aromatic carbocycles. The van der Waals surface area contributed by atoms with Crippen LogP contribution in [-0.2, 0) is 4.79 Å². The van der Waals surface area contributed by atoms with Crippen LogP contribution in [0.25, 0.3) is 11.8 Å². The summed E-state index contributed by atoms with van der Waals surface area (Å²) in [4.78, 5) is 20.4. The number of aliphatic hydroxyl groups is 1. The average molecular weight is 467 g/mol. The van der Waals surface area contributed by atoms with Gasteiger partial charge in [0, 0.05) is 23.9 Å². The molecule has 0 spiro atoms. The quantitative estimate of drug-likeness (QED) is 0.475. The number of aromatic nitrogens is 1. The highest BCUT2D eigenvalue weighted by Crippen LogP contribution is 2.49. The second kappa shape index (κ2) is 8.73. The van der Waals surface area contributed by atoms with Gasteiger partial charge in [-0.3, -0.25) is 9.78 Å². The number of nitrogens with zero attached hydrogens (tertiary/aromatic N) is 2. The van der Waals surface area contributed by atoms with Gasteiger partial charge in [0.1, 0.15) is 17.3 Å². The molecule has 178 valence electrons. The predicted octanol–water partition coefficient (Wildman–Crippen LogP) is 6.52. The molecular formula is C30H30N2O3. The minimum absolute atomic E-state index is 0.0264. The summed E-state index contributed by atoms with van der Waals surface area (Å²) in [6.45, 7) is 6.02. The number of anilines is 1. The number of methoxy groups -OCH3 is 1. The molecule has 2 atom stereocenters. The van der Waals surface area contributed by atoms with Gasteiger partial charge in [0.25, 0.3) is 0 Å².